The molecule has 11 saturated heterocycles. The van der Waals surface area contributed by atoms with Crippen molar-refractivity contribution in [3.05, 3.63) is 70.6 Å². The Morgan fingerprint density at radius 3 is 0.816 bits per heavy atom. The quantitative estimate of drug-likeness (QED) is 0.0323. The SMILES string of the molecule is C.C.C.C.C.C.CC(=O)N1CCN(c2nc(NC3COC3)cc(C(C)(C)C)n2)CC1.CC(C)(C)c1cc(NC2CNC2)nc(N2CCC2)n1.CC(C)(C)c1cc(NC2COC2)nc(N2CCN(C(=O)C3CC3)CC2)n1.CC(C)(C)c1cc(NC2COC2)nc(N2CCN(S(C)(=O)=O)CC2)n1.CC(C)N1CCN(c2nc(NC3CNC3)cc(C(C)(C)C)n2)CC1.COc1nc(NC2CNC2)cc(C(C)(C)C)n1. The zero-order valence-electron chi connectivity index (χ0n) is 85.0. The third-order valence-electron chi connectivity index (χ3n) is 25.7. The number of sulfonamides is 1. The molecule has 0 unspecified atom stereocenters. The van der Waals surface area contributed by atoms with Crippen LogP contribution in [-0.2, 0) is 66.3 Å². The van der Waals surface area contributed by atoms with Gasteiger partial charge in [-0.25, -0.2) is 33.3 Å². The van der Waals surface area contributed by atoms with Gasteiger partial charge in [-0.15, -0.1) is 0 Å². The van der Waals surface area contributed by atoms with Crippen LogP contribution in [0.1, 0.15) is 243 Å². The van der Waals surface area contributed by atoms with Gasteiger partial charge in [-0.2, -0.15) is 39.2 Å². The minimum atomic E-state index is -3.14. The number of nitrogens with zero attached hydrogens (tertiary/aromatic N) is 21. The largest absolute Gasteiger partial charge is 0.467 e. The third-order valence-corrected chi connectivity index (χ3v) is 27.0. The van der Waals surface area contributed by atoms with Gasteiger partial charge in [0, 0.05) is 245 Å². The summed E-state index contributed by atoms with van der Waals surface area (Å²) in [6.07, 6.45) is 4.63. The minimum absolute atomic E-state index is 0. The van der Waals surface area contributed by atoms with Crippen LogP contribution in [0.2, 0.25) is 0 Å². The van der Waals surface area contributed by atoms with Crippen molar-refractivity contribution in [2.75, 3.05) is 266 Å². The monoisotopic (exact) mass is 1990 g/mol. The van der Waals surface area contributed by atoms with E-state index in [2.05, 4.69) is 254 Å². The molecule has 0 spiro atoms. The zero-order valence-corrected chi connectivity index (χ0v) is 85.8. The highest BCUT2D eigenvalue weighted by Gasteiger charge is 2.38. The molecular formula is C102H182N30O8S. The molecule has 17 heterocycles. The van der Waals surface area contributed by atoms with E-state index in [-0.39, 0.29) is 89.0 Å². The Kier molecular flexibility index (Phi) is 42.8. The smallest absolute Gasteiger partial charge is 0.318 e. The summed E-state index contributed by atoms with van der Waals surface area (Å²) in [5.74, 6) is 9.97. The van der Waals surface area contributed by atoms with Crippen LogP contribution in [0.15, 0.2) is 36.4 Å². The molecule has 38 nitrogen and oxygen atoms in total. The Labute approximate surface area is 846 Å². The lowest BCUT2D eigenvalue weighted by atomic mass is 9.92. The van der Waals surface area contributed by atoms with E-state index in [9.17, 15) is 18.0 Å². The van der Waals surface area contributed by atoms with E-state index in [4.69, 9.17) is 58.8 Å². The number of anilines is 11. The Morgan fingerprint density at radius 2 is 0.603 bits per heavy atom. The number of rotatable bonds is 21. The summed E-state index contributed by atoms with van der Waals surface area (Å²) in [4.78, 5) is 97.5. The lowest BCUT2D eigenvalue weighted by molar-refractivity contribution is -0.133. The van der Waals surface area contributed by atoms with E-state index < -0.39 is 10.0 Å². The number of aromatic nitrogens is 12. The average Bonchev–Trinajstić information content (AvgIpc) is 1.16. The number of hydrogen-bond acceptors (Lipinski definition) is 35. The van der Waals surface area contributed by atoms with Gasteiger partial charge in [0.2, 0.25) is 51.6 Å². The number of piperazine rings is 4. The molecule has 0 atom stereocenters. The van der Waals surface area contributed by atoms with E-state index in [1.807, 2.05) is 28.0 Å². The molecular weight excluding hydrogens is 1810 g/mol. The molecule has 0 radical (unpaired) electrons. The Hall–Kier alpha value is -9.35. The predicted octanol–water partition coefficient (Wildman–Crippen LogP) is 11.6. The van der Waals surface area contributed by atoms with Gasteiger partial charge in [0.1, 0.15) is 34.9 Å². The van der Waals surface area contributed by atoms with E-state index in [1.54, 1.807) is 14.0 Å². The van der Waals surface area contributed by atoms with Gasteiger partial charge in [0.15, 0.2) is 0 Å². The molecule has 9 N–H and O–H groups in total. The Balaban J connectivity index is 0.000000229. The lowest BCUT2D eigenvalue weighted by Gasteiger charge is -2.37. The van der Waals surface area contributed by atoms with Gasteiger partial charge in [-0.1, -0.05) is 169 Å². The predicted molar refractivity (Wildman–Crippen MR) is 577 cm³/mol. The fourth-order valence-corrected chi connectivity index (χ4v) is 16.5. The Morgan fingerprint density at radius 1 is 0.355 bits per heavy atom. The van der Waals surface area contributed by atoms with Crippen molar-refractivity contribution in [1.82, 2.24) is 94.8 Å². The van der Waals surface area contributed by atoms with Crippen LogP contribution < -0.4 is 77.1 Å². The average molecular weight is 1990 g/mol. The molecule has 39 heteroatoms. The molecule has 6 aromatic rings. The van der Waals surface area contributed by atoms with Gasteiger partial charge >= 0.3 is 6.01 Å². The van der Waals surface area contributed by atoms with Crippen LogP contribution in [0.25, 0.3) is 0 Å². The van der Waals surface area contributed by atoms with Crippen LogP contribution in [0, 0.1) is 5.92 Å². The maximum absolute atomic E-state index is 12.3. The van der Waals surface area contributed by atoms with Crippen molar-refractivity contribution in [1.29, 1.82) is 0 Å². The van der Waals surface area contributed by atoms with Gasteiger partial charge in [-0.05, 0) is 33.1 Å². The standard InChI is InChI=1S/C19H29N5O2.C18H32N6.C17H27N5O2.C16H27N5O3S.C14H23N5.C12H20N4O.6CH4/c1-19(2,3)15-10-16(20-14-11-26-12-14)22-18(21-15)24-8-6-23(7-9-24)17(25)13-4-5-13;1-13(2)23-6-8-24(9-7-23)17-21-15(18(3,4)5)10-16(22-17)20-14-11-19-12-14;1-12(23)21-5-7-22(8-6-21)16-19-14(17(2,3)4)9-15(20-16)18-13-10-24-11-13;1-16(2,3)13-9-14(17-12-10-24-11-12)19-15(18-13)20-5-7-21(8-6-20)25(4,22)23;1-14(2,3)11-7-12(16-10-8-15-9-10)18-13(17-11)19-5-4-6-19;1-12(2,3)9-5-10(14-8-6-13-7-8)16-11(15-9)17-4;;;;;;/h10,13-14H,4-9,11-12H2,1-3H3,(H,20,21,22);10,13-14,19H,6-9,11-12H2,1-5H3,(H,20,21,22);9,13H,5-8,10-11H2,1-4H3,(H,18,19,20);9,12H,5-8,10-11H2,1-4H3,(H,17,18,19);7,10,15H,4-6,8-9H2,1-3H3,(H,16,17,18);5,8,13H,6-7H2,1-4H3,(H,14,15,16);6*1H4. The summed E-state index contributed by atoms with van der Waals surface area (Å²) in [6, 6.07) is 15.7. The summed E-state index contributed by atoms with van der Waals surface area (Å²) in [7, 11) is -1.55. The summed E-state index contributed by atoms with van der Waals surface area (Å²) in [5.41, 5.74) is 6.08. The fourth-order valence-electron chi connectivity index (χ4n) is 15.6. The highest BCUT2D eigenvalue weighted by molar-refractivity contribution is 7.88. The van der Waals surface area contributed by atoms with Gasteiger partial charge in [0.05, 0.1) is 123 Å². The number of hydrogen-bond donors (Lipinski definition) is 9. The third kappa shape index (κ3) is 34.1. The minimum Gasteiger partial charge on any atom is -0.467 e. The molecule has 794 valence electrons. The molecule has 12 aliphatic rings. The molecule has 18 rings (SSSR count). The van der Waals surface area contributed by atoms with Crippen LogP contribution in [0.3, 0.4) is 0 Å². The summed E-state index contributed by atoms with van der Waals surface area (Å²) in [6.45, 7) is 69.9. The first kappa shape index (κ1) is 119. The van der Waals surface area contributed by atoms with E-state index >= 15 is 0 Å². The first-order valence-corrected chi connectivity index (χ1v) is 50.9. The molecule has 0 aromatic carbocycles. The van der Waals surface area contributed by atoms with E-state index in [0.29, 0.717) is 99.4 Å². The van der Waals surface area contributed by atoms with Gasteiger partial charge < -0.3 is 101 Å². The van der Waals surface area contributed by atoms with E-state index in [1.165, 1.54) is 17.0 Å². The van der Waals surface area contributed by atoms with Crippen LogP contribution >= 0.6 is 0 Å². The fraction of sp³-hybridized carbons (Fsp3) is 0.745. The molecule has 2 amide bonds. The van der Waals surface area contributed by atoms with E-state index in [0.717, 1.165) is 263 Å². The van der Waals surface area contributed by atoms with Crippen molar-refractivity contribution >= 4 is 86.5 Å². The number of carbonyl (C=O) groups excluding carboxylic acids is 2. The second-order valence-corrected chi connectivity index (χ2v) is 46.1. The summed E-state index contributed by atoms with van der Waals surface area (Å²) >= 11 is 0. The first-order chi connectivity index (χ1) is 63.7. The molecule has 12 fully saturated rings. The van der Waals surface area contributed by atoms with Crippen molar-refractivity contribution in [2.45, 2.75) is 284 Å². The van der Waals surface area contributed by atoms with Crippen molar-refractivity contribution in [3.63, 3.8) is 0 Å². The molecule has 11 aliphatic heterocycles. The second kappa shape index (κ2) is 50.9. The van der Waals surface area contributed by atoms with Gasteiger partial charge in [0.25, 0.3) is 0 Å². The molecule has 141 heavy (non-hydrogen) atoms. The second-order valence-electron chi connectivity index (χ2n) is 44.1. The van der Waals surface area contributed by atoms with Crippen molar-refractivity contribution in [2.24, 2.45) is 5.92 Å². The summed E-state index contributed by atoms with van der Waals surface area (Å²) in [5, 5.41) is 30.5. The van der Waals surface area contributed by atoms with Crippen molar-refractivity contribution in [3.8, 4) is 6.01 Å². The van der Waals surface area contributed by atoms with Crippen LogP contribution in [0.5, 0.6) is 6.01 Å². The van der Waals surface area contributed by atoms with Crippen LogP contribution in [0.4, 0.5) is 64.6 Å². The zero-order chi connectivity index (χ0) is 97.1. The van der Waals surface area contributed by atoms with Crippen molar-refractivity contribution < 1.29 is 37.0 Å². The first-order valence-electron chi connectivity index (χ1n) is 49.0. The maximum atomic E-state index is 12.3. The maximum Gasteiger partial charge on any atom is 0.318 e. The number of methoxy groups -OCH3 is 1. The normalized spacial score (nSPS) is 19.0. The molecule has 1 saturated carbocycles. The highest BCUT2D eigenvalue weighted by atomic mass is 32.2. The molecule has 1 aliphatic carbocycles. The van der Waals surface area contributed by atoms with Gasteiger partial charge in [-0.3, -0.25) is 14.5 Å². The topological polar surface area (TPSA) is 397 Å². The number of ether oxygens (including phenoxy) is 4. The number of amides is 2. The lowest BCUT2D eigenvalue weighted by Crippen LogP contribution is -2.52. The molecule has 6 aromatic heterocycles. The molecule has 0 bridgehead atoms. The number of nitrogens with one attached hydrogen (secondary N) is 9. The highest BCUT2D eigenvalue weighted by Crippen LogP contribution is 2.36. The Bertz CT molecular complexity index is 4990. The summed E-state index contributed by atoms with van der Waals surface area (Å²) < 4.78 is 45.7. The number of carbonyl (C=O) groups is 2. The van der Waals surface area contributed by atoms with Crippen LogP contribution in [-0.4, -0.2) is 351 Å².